The molecule has 2 heterocycles. The van der Waals surface area contributed by atoms with E-state index in [2.05, 4.69) is 97.4 Å². The summed E-state index contributed by atoms with van der Waals surface area (Å²) in [5.41, 5.74) is 5.41. The highest BCUT2D eigenvalue weighted by atomic mass is 14.9. The van der Waals surface area contributed by atoms with E-state index in [1.807, 2.05) is 0 Å². The van der Waals surface area contributed by atoms with Crippen LogP contribution in [0.1, 0.15) is 60.8 Å². The quantitative estimate of drug-likeness (QED) is 0.364. The molecule has 146 valence electrons. The fourth-order valence-electron chi connectivity index (χ4n) is 2.97. The number of aryl methyl sites for hydroxylation is 6. The Bertz CT molecular complexity index is 813. The molecule has 0 aliphatic rings. The molecule has 0 aliphatic heterocycles. The molecule has 0 radical (unpaired) electrons. The summed E-state index contributed by atoms with van der Waals surface area (Å²) in [5.74, 6) is 12.4. The van der Waals surface area contributed by atoms with Crippen molar-refractivity contribution >= 4 is 0 Å². The second kappa shape index (κ2) is 12.0. The van der Waals surface area contributed by atoms with Gasteiger partial charge in [-0.15, -0.1) is 0 Å². The van der Waals surface area contributed by atoms with Gasteiger partial charge in [0.2, 0.25) is 0 Å². The molecule has 2 aromatic heterocycles. The molecule has 0 amide bonds. The molecule has 2 nitrogen and oxygen atoms in total. The third-order valence-electron chi connectivity index (χ3n) is 5.17. The summed E-state index contributed by atoms with van der Waals surface area (Å²) in [7, 11) is 0. The topological polar surface area (TPSA) is 7.76 Å². The lowest BCUT2D eigenvalue weighted by Crippen LogP contribution is -2.33. The van der Waals surface area contributed by atoms with E-state index in [1.54, 1.807) is 0 Å². The van der Waals surface area contributed by atoms with Gasteiger partial charge in [-0.2, -0.15) is 0 Å². The monoisotopic (exact) mass is 374 g/mol. The van der Waals surface area contributed by atoms with E-state index < -0.39 is 0 Å². The Morgan fingerprint density at radius 1 is 0.607 bits per heavy atom. The normalized spacial score (nSPS) is 10.0. The minimum absolute atomic E-state index is 0.934. The van der Waals surface area contributed by atoms with E-state index in [1.165, 1.54) is 22.3 Å². The average molecular weight is 375 g/mol. The highest BCUT2D eigenvalue weighted by Gasteiger charge is 2.03. The SMILES string of the molecule is Cc1cc[n+](CCCCC#CC#CCCCC[n+]2ccc(C)c(C)c2)cc1C. The van der Waals surface area contributed by atoms with Crippen LogP contribution in [0.4, 0.5) is 0 Å². The van der Waals surface area contributed by atoms with Crippen molar-refractivity contribution < 1.29 is 9.13 Å². The van der Waals surface area contributed by atoms with Crippen LogP contribution in [0.5, 0.6) is 0 Å². The van der Waals surface area contributed by atoms with Gasteiger partial charge in [0, 0.05) is 48.9 Å². The lowest BCUT2D eigenvalue weighted by atomic mass is 10.2. The van der Waals surface area contributed by atoms with Gasteiger partial charge in [-0.25, -0.2) is 9.13 Å². The van der Waals surface area contributed by atoms with Crippen molar-refractivity contribution in [1.29, 1.82) is 0 Å². The summed E-state index contributed by atoms with van der Waals surface area (Å²) in [6.07, 6.45) is 15.2. The van der Waals surface area contributed by atoms with E-state index in [-0.39, 0.29) is 0 Å². The first-order valence-electron chi connectivity index (χ1n) is 10.4. The van der Waals surface area contributed by atoms with Crippen LogP contribution in [0.3, 0.4) is 0 Å². The molecule has 0 atom stereocenters. The Morgan fingerprint density at radius 2 is 1.04 bits per heavy atom. The number of rotatable bonds is 8. The summed E-state index contributed by atoms with van der Waals surface area (Å²) in [5, 5.41) is 0. The smallest absolute Gasteiger partial charge is 0.171 e. The fraction of sp³-hybridized carbons (Fsp3) is 0.462. The van der Waals surface area contributed by atoms with Crippen LogP contribution in [-0.4, -0.2) is 0 Å². The first-order chi connectivity index (χ1) is 13.6. The highest BCUT2D eigenvalue weighted by Crippen LogP contribution is 2.02. The molecule has 0 saturated carbocycles. The Kier molecular flexibility index (Phi) is 9.30. The maximum Gasteiger partial charge on any atom is 0.171 e. The first kappa shape index (κ1) is 21.7. The van der Waals surface area contributed by atoms with Crippen LogP contribution >= 0.6 is 0 Å². The average Bonchev–Trinajstić information content (AvgIpc) is 2.68. The number of unbranched alkanes of at least 4 members (excludes halogenated alkanes) is 4. The number of aromatic nitrogens is 2. The molecule has 28 heavy (non-hydrogen) atoms. The largest absolute Gasteiger partial charge is 0.205 e. The third-order valence-corrected chi connectivity index (χ3v) is 5.17. The van der Waals surface area contributed by atoms with Gasteiger partial charge in [-0.1, -0.05) is 11.8 Å². The van der Waals surface area contributed by atoms with Crippen LogP contribution < -0.4 is 9.13 Å². The van der Waals surface area contributed by atoms with Crippen molar-refractivity contribution in [3.63, 3.8) is 0 Å². The second-order valence-corrected chi connectivity index (χ2v) is 7.62. The molecular formula is C26H34N2+2. The molecule has 0 bridgehead atoms. The van der Waals surface area contributed by atoms with Crippen molar-refractivity contribution in [3.8, 4) is 23.7 Å². The summed E-state index contributed by atoms with van der Waals surface area (Å²) < 4.78 is 4.54. The van der Waals surface area contributed by atoms with Crippen LogP contribution in [0.25, 0.3) is 0 Å². The molecule has 2 rings (SSSR count). The van der Waals surface area contributed by atoms with Gasteiger partial charge >= 0.3 is 0 Å². The standard InChI is InChI=1S/C26H34N2/c1-23-15-19-27(21-25(23)3)17-13-11-9-7-5-6-8-10-12-14-18-28-20-16-24(2)26(4)22-28/h15-16,19-22H,9-14,17-18H2,1-4H3/q+2. The molecule has 0 aromatic carbocycles. The molecule has 2 heteroatoms. The predicted octanol–water partition coefficient (Wildman–Crippen LogP) is 4.54. The van der Waals surface area contributed by atoms with Crippen molar-refractivity contribution in [2.45, 2.75) is 79.3 Å². The lowest BCUT2D eigenvalue weighted by molar-refractivity contribution is -0.697. The van der Waals surface area contributed by atoms with Gasteiger partial charge in [-0.3, -0.25) is 0 Å². The Morgan fingerprint density at radius 3 is 1.43 bits per heavy atom. The van der Waals surface area contributed by atoms with Crippen molar-refractivity contribution in [1.82, 2.24) is 0 Å². The van der Waals surface area contributed by atoms with Crippen LogP contribution in [-0.2, 0) is 13.1 Å². The summed E-state index contributed by atoms with van der Waals surface area (Å²) in [4.78, 5) is 0. The van der Waals surface area contributed by atoms with E-state index in [0.29, 0.717) is 0 Å². The molecule has 0 unspecified atom stereocenters. The molecule has 2 aromatic rings. The number of pyridine rings is 2. The maximum absolute atomic E-state index is 3.18. The molecule has 0 aliphatic carbocycles. The Balaban J connectivity index is 1.54. The maximum atomic E-state index is 3.18. The van der Waals surface area contributed by atoms with Gasteiger partial charge < -0.3 is 0 Å². The minimum Gasteiger partial charge on any atom is -0.205 e. The van der Waals surface area contributed by atoms with E-state index in [0.717, 1.165) is 51.6 Å². The fourth-order valence-corrected chi connectivity index (χ4v) is 2.97. The van der Waals surface area contributed by atoms with Gasteiger partial charge in [0.25, 0.3) is 0 Å². The predicted molar refractivity (Wildman–Crippen MR) is 115 cm³/mol. The van der Waals surface area contributed by atoms with Gasteiger partial charge in [-0.05, 0) is 63.5 Å². The van der Waals surface area contributed by atoms with Crippen molar-refractivity contribution in [2.75, 3.05) is 0 Å². The first-order valence-corrected chi connectivity index (χ1v) is 10.4. The van der Waals surface area contributed by atoms with E-state index in [4.69, 9.17) is 0 Å². The van der Waals surface area contributed by atoms with Crippen LogP contribution in [0.15, 0.2) is 36.9 Å². The van der Waals surface area contributed by atoms with Gasteiger partial charge in [0.05, 0.1) is 0 Å². The minimum atomic E-state index is 0.934. The zero-order valence-corrected chi connectivity index (χ0v) is 18.0. The van der Waals surface area contributed by atoms with Crippen LogP contribution in [0.2, 0.25) is 0 Å². The van der Waals surface area contributed by atoms with Gasteiger partial charge in [0.1, 0.15) is 13.1 Å². The summed E-state index contributed by atoms with van der Waals surface area (Å²) in [6.45, 7) is 10.8. The summed E-state index contributed by atoms with van der Waals surface area (Å²) in [6, 6.07) is 4.37. The molecule has 0 spiro atoms. The Hall–Kier alpha value is -2.58. The number of nitrogens with zero attached hydrogens (tertiary/aromatic N) is 2. The van der Waals surface area contributed by atoms with Crippen molar-refractivity contribution in [3.05, 3.63) is 59.2 Å². The second-order valence-electron chi connectivity index (χ2n) is 7.62. The van der Waals surface area contributed by atoms with Gasteiger partial charge in [0.15, 0.2) is 24.8 Å². The lowest BCUT2D eigenvalue weighted by Gasteiger charge is -1.99. The highest BCUT2D eigenvalue weighted by molar-refractivity contribution is 5.25. The number of hydrogen-bond donors (Lipinski definition) is 0. The van der Waals surface area contributed by atoms with Crippen LogP contribution in [0, 0.1) is 51.4 Å². The van der Waals surface area contributed by atoms with E-state index >= 15 is 0 Å². The van der Waals surface area contributed by atoms with E-state index in [9.17, 15) is 0 Å². The molecule has 0 N–H and O–H groups in total. The molecular weight excluding hydrogens is 340 g/mol. The third kappa shape index (κ3) is 7.98. The number of hydrogen-bond acceptors (Lipinski definition) is 0. The summed E-state index contributed by atoms with van der Waals surface area (Å²) >= 11 is 0. The Labute approximate surface area is 171 Å². The molecule has 0 fully saturated rings. The molecule has 0 saturated heterocycles. The van der Waals surface area contributed by atoms with Crippen molar-refractivity contribution in [2.24, 2.45) is 0 Å². The zero-order valence-electron chi connectivity index (χ0n) is 18.0. The zero-order chi connectivity index (χ0) is 20.2.